The number of aryl methyl sites for hydroxylation is 3. The standard InChI is InChI=1S/C12H19N5/c1-3-13-10-11-5-8-17(15-11)9-6-12-4-7-14-16(12)2/h4-5,7-8,13H,3,6,9-10H2,1-2H3. The molecule has 2 aromatic rings. The molecule has 0 aliphatic carbocycles. The number of rotatable bonds is 6. The largest absolute Gasteiger partial charge is 0.311 e. The number of nitrogens with one attached hydrogen (secondary N) is 1. The van der Waals surface area contributed by atoms with E-state index in [9.17, 15) is 0 Å². The number of nitrogens with zero attached hydrogens (tertiary/aromatic N) is 4. The fourth-order valence-electron chi connectivity index (χ4n) is 1.75. The molecule has 2 heterocycles. The summed E-state index contributed by atoms with van der Waals surface area (Å²) < 4.78 is 3.89. The minimum Gasteiger partial charge on any atom is -0.311 e. The molecule has 0 fully saturated rings. The molecule has 0 radical (unpaired) electrons. The average molecular weight is 233 g/mol. The third kappa shape index (κ3) is 3.17. The first kappa shape index (κ1) is 11.9. The fraction of sp³-hybridized carbons (Fsp3) is 0.500. The van der Waals surface area contributed by atoms with E-state index in [0.717, 1.165) is 31.7 Å². The minimum absolute atomic E-state index is 0.842. The molecule has 0 aliphatic heterocycles. The number of aromatic nitrogens is 4. The first-order valence-electron chi connectivity index (χ1n) is 5.99. The summed E-state index contributed by atoms with van der Waals surface area (Å²) in [7, 11) is 1.97. The van der Waals surface area contributed by atoms with Crippen LogP contribution in [0.4, 0.5) is 0 Å². The van der Waals surface area contributed by atoms with Crippen molar-refractivity contribution in [2.75, 3.05) is 6.54 Å². The van der Waals surface area contributed by atoms with Crippen molar-refractivity contribution in [1.82, 2.24) is 24.9 Å². The Bertz CT molecular complexity index is 457. The highest BCUT2D eigenvalue weighted by atomic mass is 15.3. The van der Waals surface area contributed by atoms with E-state index in [4.69, 9.17) is 0 Å². The van der Waals surface area contributed by atoms with Gasteiger partial charge in [0, 0.05) is 44.6 Å². The van der Waals surface area contributed by atoms with Crippen LogP contribution in [0.15, 0.2) is 24.5 Å². The Balaban J connectivity index is 1.87. The predicted octanol–water partition coefficient (Wildman–Crippen LogP) is 0.969. The van der Waals surface area contributed by atoms with E-state index in [1.807, 2.05) is 34.9 Å². The van der Waals surface area contributed by atoms with Crippen LogP contribution >= 0.6 is 0 Å². The predicted molar refractivity (Wildman–Crippen MR) is 66.5 cm³/mol. The lowest BCUT2D eigenvalue weighted by atomic mass is 10.3. The van der Waals surface area contributed by atoms with Gasteiger partial charge in [-0.05, 0) is 18.7 Å². The van der Waals surface area contributed by atoms with Gasteiger partial charge >= 0.3 is 0 Å². The zero-order valence-corrected chi connectivity index (χ0v) is 10.4. The van der Waals surface area contributed by atoms with E-state index >= 15 is 0 Å². The molecular formula is C12H19N5. The topological polar surface area (TPSA) is 47.7 Å². The molecule has 2 rings (SSSR count). The van der Waals surface area contributed by atoms with Crippen LogP contribution in [0.25, 0.3) is 0 Å². The van der Waals surface area contributed by atoms with Gasteiger partial charge < -0.3 is 5.32 Å². The van der Waals surface area contributed by atoms with E-state index in [2.05, 4.69) is 28.5 Å². The second-order valence-electron chi connectivity index (χ2n) is 4.05. The van der Waals surface area contributed by atoms with Crippen LogP contribution in [-0.4, -0.2) is 26.1 Å². The monoisotopic (exact) mass is 233 g/mol. The van der Waals surface area contributed by atoms with Crippen LogP contribution in [-0.2, 0) is 26.6 Å². The highest BCUT2D eigenvalue weighted by molar-refractivity contribution is 5.01. The molecule has 0 atom stereocenters. The summed E-state index contributed by atoms with van der Waals surface area (Å²) in [5.41, 5.74) is 2.32. The molecule has 0 bridgehead atoms. The summed E-state index contributed by atoms with van der Waals surface area (Å²) in [6, 6.07) is 4.11. The molecule has 0 aromatic carbocycles. The maximum absolute atomic E-state index is 4.50. The fourth-order valence-corrected chi connectivity index (χ4v) is 1.75. The maximum atomic E-state index is 4.50. The molecular weight excluding hydrogens is 214 g/mol. The van der Waals surface area contributed by atoms with Gasteiger partial charge in [0.05, 0.1) is 5.69 Å². The molecule has 0 unspecified atom stereocenters. The Hall–Kier alpha value is -1.62. The highest BCUT2D eigenvalue weighted by Gasteiger charge is 2.01. The van der Waals surface area contributed by atoms with Crippen LogP contribution in [0.5, 0.6) is 0 Å². The van der Waals surface area contributed by atoms with Gasteiger partial charge in [-0.1, -0.05) is 6.92 Å². The summed E-state index contributed by atoms with van der Waals surface area (Å²) in [5, 5.41) is 11.9. The summed E-state index contributed by atoms with van der Waals surface area (Å²) in [6.45, 7) is 4.81. The Morgan fingerprint density at radius 3 is 2.94 bits per heavy atom. The van der Waals surface area contributed by atoms with Gasteiger partial charge in [0.1, 0.15) is 0 Å². The lowest BCUT2D eigenvalue weighted by Crippen LogP contribution is -2.13. The van der Waals surface area contributed by atoms with E-state index in [-0.39, 0.29) is 0 Å². The highest BCUT2D eigenvalue weighted by Crippen LogP contribution is 2.01. The zero-order valence-electron chi connectivity index (χ0n) is 10.4. The third-order valence-corrected chi connectivity index (χ3v) is 2.77. The van der Waals surface area contributed by atoms with Crippen molar-refractivity contribution in [1.29, 1.82) is 0 Å². The van der Waals surface area contributed by atoms with Crippen molar-refractivity contribution >= 4 is 0 Å². The molecule has 1 N–H and O–H groups in total. The Morgan fingerprint density at radius 2 is 2.24 bits per heavy atom. The van der Waals surface area contributed by atoms with Crippen molar-refractivity contribution in [3.63, 3.8) is 0 Å². The summed E-state index contributed by atoms with van der Waals surface area (Å²) >= 11 is 0. The smallest absolute Gasteiger partial charge is 0.0762 e. The SMILES string of the molecule is CCNCc1ccn(CCc2ccnn2C)n1. The molecule has 5 heteroatoms. The molecule has 0 saturated heterocycles. The van der Waals surface area contributed by atoms with Crippen LogP contribution in [0, 0.1) is 0 Å². The van der Waals surface area contributed by atoms with Crippen LogP contribution in [0.1, 0.15) is 18.3 Å². The van der Waals surface area contributed by atoms with E-state index < -0.39 is 0 Å². The second-order valence-corrected chi connectivity index (χ2v) is 4.05. The molecule has 17 heavy (non-hydrogen) atoms. The van der Waals surface area contributed by atoms with Gasteiger partial charge in [-0.15, -0.1) is 0 Å². The lowest BCUT2D eigenvalue weighted by molar-refractivity contribution is 0.573. The number of hydrogen-bond acceptors (Lipinski definition) is 3. The zero-order chi connectivity index (χ0) is 12.1. The van der Waals surface area contributed by atoms with Crippen molar-refractivity contribution in [2.45, 2.75) is 26.4 Å². The van der Waals surface area contributed by atoms with Crippen LogP contribution in [0.3, 0.4) is 0 Å². The maximum Gasteiger partial charge on any atom is 0.0762 e. The Morgan fingerprint density at radius 1 is 1.35 bits per heavy atom. The van der Waals surface area contributed by atoms with Gasteiger partial charge in [-0.2, -0.15) is 10.2 Å². The van der Waals surface area contributed by atoms with Crippen molar-refractivity contribution in [3.05, 3.63) is 35.9 Å². The van der Waals surface area contributed by atoms with Gasteiger partial charge in [-0.25, -0.2) is 0 Å². The minimum atomic E-state index is 0.842. The van der Waals surface area contributed by atoms with Crippen LogP contribution in [0.2, 0.25) is 0 Å². The first-order valence-corrected chi connectivity index (χ1v) is 5.99. The van der Waals surface area contributed by atoms with Gasteiger partial charge in [0.2, 0.25) is 0 Å². The van der Waals surface area contributed by atoms with Crippen molar-refractivity contribution in [3.8, 4) is 0 Å². The van der Waals surface area contributed by atoms with Gasteiger partial charge in [0.15, 0.2) is 0 Å². The summed E-state index contributed by atoms with van der Waals surface area (Å²) in [4.78, 5) is 0. The quantitative estimate of drug-likeness (QED) is 0.808. The molecule has 5 nitrogen and oxygen atoms in total. The average Bonchev–Trinajstić information content (AvgIpc) is 2.93. The Labute approximate surface area is 101 Å². The van der Waals surface area contributed by atoms with E-state index in [1.165, 1.54) is 5.69 Å². The lowest BCUT2D eigenvalue weighted by Gasteiger charge is -2.02. The van der Waals surface area contributed by atoms with Crippen molar-refractivity contribution in [2.24, 2.45) is 7.05 Å². The Kier molecular flexibility index (Phi) is 3.93. The van der Waals surface area contributed by atoms with Gasteiger partial charge in [0.25, 0.3) is 0 Å². The van der Waals surface area contributed by atoms with E-state index in [0.29, 0.717) is 0 Å². The van der Waals surface area contributed by atoms with Gasteiger partial charge in [-0.3, -0.25) is 9.36 Å². The number of hydrogen-bond donors (Lipinski definition) is 1. The van der Waals surface area contributed by atoms with E-state index in [1.54, 1.807) is 0 Å². The molecule has 0 aliphatic rings. The third-order valence-electron chi connectivity index (χ3n) is 2.77. The first-order chi connectivity index (χ1) is 8.29. The van der Waals surface area contributed by atoms with Crippen LogP contribution < -0.4 is 5.32 Å². The molecule has 0 saturated carbocycles. The molecule has 0 amide bonds. The summed E-state index contributed by atoms with van der Waals surface area (Å²) in [5.74, 6) is 0. The molecule has 0 spiro atoms. The summed E-state index contributed by atoms with van der Waals surface area (Å²) in [6.07, 6.45) is 4.82. The van der Waals surface area contributed by atoms with Crippen molar-refractivity contribution < 1.29 is 0 Å². The second kappa shape index (κ2) is 5.63. The molecule has 2 aromatic heterocycles. The normalized spacial score (nSPS) is 10.9. The molecule has 92 valence electrons.